The Morgan fingerprint density at radius 2 is 2.14 bits per heavy atom. The lowest BCUT2D eigenvalue weighted by Gasteiger charge is -2.50. The zero-order valence-electron chi connectivity index (χ0n) is 12.8. The maximum absolute atomic E-state index is 12.8. The first-order valence-electron chi connectivity index (χ1n) is 7.52. The molecule has 3 rings (SSSR count). The minimum Gasteiger partial charge on any atom is -0.484 e. The molecule has 2 aliphatic rings. The molecule has 1 N–H and O–H groups in total. The van der Waals surface area contributed by atoms with Crippen LogP contribution in [0.3, 0.4) is 0 Å². The van der Waals surface area contributed by atoms with Crippen LogP contribution < -0.4 is 10.1 Å². The second-order valence-electron chi connectivity index (χ2n) is 6.08. The zero-order valence-corrected chi connectivity index (χ0v) is 12.8. The average molecular weight is 308 g/mol. The molecule has 1 aliphatic heterocycles. The minimum atomic E-state index is -0.327. The van der Waals surface area contributed by atoms with Gasteiger partial charge in [-0.25, -0.2) is 4.39 Å². The van der Waals surface area contributed by atoms with Crippen LogP contribution in [0, 0.1) is 11.7 Å². The molecule has 1 saturated heterocycles. The average Bonchev–Trinajstić information content (AvgIpc) is 2.87. The van der Waals surface area contributed by atoms with Crippen molar-refractivity contribution in [2.24, 2.45) is 5.92 Å². The van der Waals surface area contributed by atoms with Crippen LogP contribution in [0.5, 0.6) is 5.75 Å². The molecule has 22 heavy (non-hydrogen) atoms. The Hall–Kier alpha value is -1.66. The molecule has 1 aromatic carbocycles. The maximum atomic E-state index is 12.8. The van der Waals surface area contributed by atoms with Crippen molar-refractivity contribution >= 4 is 5.91 Å². The summed E-state index contributed by atoms with van der Waals surface area (Å²) >= 11 is 0. The zero-order chi connectivity index (χ0) is 15.7. The summed E-state index contributed by atoms with van der Waals surface area (Å²) in [6.07, 6.45) is 1.21. The van der Waals surface area contributed by atoms with E-state index in [2.05, 4.69) is 10.2 Å². The summed E-state index contributed by atoms with van der Waals surface area (Å²) in [6.45, 7) is 0.693. The van der Waals surface area contributed by atoms with E-state index in [0.29, 0.717) is 11.7 Å². The predicted octanol–water partition coefficient (Wildman–Crippen LogP) is 1.04. The Kier molecular flexibility index (Phi) is 4.31. The third-order valence-electron chi connectivity index (χ3n) is 4.46. The Morgan fingerprint density at radius 1 is 1.41 bits per heavy atom. The van der Waals surface area contributed by atoms with Gasteiger partial charge in [0.1, 0.15) is 11.6 Å². The van der Waals surface area contributed by atoms with Gasteiger partial charge in [0.15, 0.2) is 6.61 Å². The molecule has 1 amide bonds. The maximum Gasteiger partial charge on any atom is 0.258 e. The SMILES string of the molecule is CN(C)[C@@H]1[C@@H](NC(=O)COc2ccc(F)cc2)[C@H]2CCO[C@H]21. The lowest BCUT2D eigenvalue weighted by molar-refractivity contribution is -0.129. The number of ether oxygens (including phenoxy) is 2. The molecule has 5 nitrogen and oxygen atoms in total. The number of rotatable bonds is 5. The highest BCUT2D eigenvalue weighted by Gasteiger charge is 2.55. The van der Waals surface area contributed by atoms with Gasteiger partial charge >= 0.3 is 0 Å². The number of amides is 1. The van der Waals surface area contributed by atoms with Crippen molar-refractivity contribution in [3.63, 3.8) is 0 Å². The van der Waals surface area contributed by atoms with Crippen molar-refractivity contribution in [2.75, 3.05) is 27.3 Å². The van der Waals surface area contributed by atoms with Gasteiger partial charge in [-0.15, -0.1) is 0 Å². The number of benzene rings is 1. The van der Waals surface area contributed by atoms with Crippen molar-refractivity contribution in [2.45, 2.75) is 24.6 Å². The molecular formula is C16H21FN2O3. The molecule has 1 aromatic rings. The van der Waals surface area contributed by atoms with Gasteiger partial charge in [-0.05, 0) is 44.8 Å². The van der Waals surface area contributed by atoms with Crippen molar-refractivity contribution in [3.05, 3.63) is 30.1 Å². The second-order valence-corrected chi connectivity index (χ2v) is 6.08. The fraction of sp³-hybridized carbons (Fsp3) is 0.562. The fourth-order valence-electron chi connectivity index (χ4n) is 3.39. The molecular weight excluding hydrogens is 287 g/mol. The van der Waals surface area contributed by atoms with E-state index in [4.69, 9.17) is 9.47 Å². The molecule has 0 radical (unpaired) electrons. The van der Waals surface area contributed by atoms with Crippen LogP contribution in [0.1, 0.15) is 6.42 Å². The third-order valence-corrected chi connectivity index (χ3v) is 4.46. The second kappa shape index (κ2) is 6.22. The van der Waals surface area contributed by atoms with Crippen molar-refractivity contribution in [1.29, 1.82) is 0 Å². The number of carbonyl (C=O) groups excluding carboxylic acids is 1. The number of hydrogen-bond donors (Lipinski definition) is 1. The number of nitrogens with one attached hydrogen (secondary N) is 1. The lowest BCUT2D eigenvalue weighted by Crippen LogP contribution is -2.70. The molecule has 0 unspecified atom stereocenters. The molecule has 1 aliphatic carbocycles. The number of halogens is 1. The highest BCUT2D eigenvalue weighted by atomic mass is 19.1. The van der Waals surface area contributed by atoms with Gasteiger partial charge in [0.2, 0.25) is 0 Å². The van der Waals surface area contributed by atoms with E-state index in [0.717, 1.165) is 13.0 Å². The van der Waals surface area contributed by atoms with Gasteiger partial charge in [0.25, 0.3) is 5.91 Å². The number of fused-ring (bicyclic) bond motifs is 1. The molecule has 1 heterocycles. The van der Waals surface area contributed by atoms with E-state index >= 15 is 0 Å². The largest absolute Gasteiger partial charge is 0.484 e. The number of carbonyl (C=O) groups is 1. The lowest BCUT2D eigenvalue weighted by atomic mass is 9.71. The monoisotopic (exact) mass is 308 g/mol. The summed E-state index contributed by atoms with van der Waals surface area (Å²) < 4.78 is 23.9. The summed E-state index contributed by atoms with van der Waals surface area (Å²) in [5, 5.41) is 3.04. The Morgan fingerprint density at radius 3 is 2.82 bits per heavy atom. The highest BCUT2D eigenvalue weighted by molar-refractivity contribution is 5.78. The Balaban J connectivity index is 1.52. The van der Waals surface area contributed by atoms with Crippen LogP contribution in [0.4, 0.5) is 4.39 Å². The van der Waals surface area contributed by atoms with E-state index in [1.54, 1.807) is 0 Å². The first-order valence-corrected chi connectivity index (χ1v) is 7.52. The molecule has 0 bridgehead atoms. The molecule has 1 saturated carbocycles. The normalized spacial score (nSPS) is 29.8. The van der Waals surface area contributed by atoms with Gasteiger partial charge in [-0.2, -0.15) is 0 Å². The van der Waals surface area contributed by atoms with Crippen LogP contribution in [0.2, 0.25) is 0 Å². The van der Waals surface area contributed by atoms with E-state index in [1.807, 2.05) is 14.1 Å². The predicted molar refractivity (Wildman–Crippen MR) is 79.1 cm³/mol. The van der Waals surface area contributed by atoms with Gasteiger partial charge in [-0.3, -0.25) is 4.79 Å². The summed E-state index contributed by atoms with van der Waals surface area (Å²) in [5.41, 5.74) is 0. The first-order chi connectivity index (χ1) is 10.6. The number of nitrogens with zero attached hydrogens (tertiary/aromatic N) is 1. The topological polar surface area (TPSA) is 50.8 Å². The third kappa shape index (κ3) is 2.94. The van der Waals surface area contributed by atoms with Gasteiger partial charge in [0.05, 0.1) is 18.2 Å². The molecule has 120 valence electrons. The smallest absolute Gasteiger partial charge is 0.258 e. The van der Waals surface area contributed by atoms with Crippen LogP contribution in [-0.2, 0) is 9.53 Å². The van der Waals surface area contributed by atoms with Gasteiger partial charge in [-0.1, -0.05) is 0 Å². The molecule has 6 heteroatoms. The number of likely N-dealkylation sites (N-methyl/N-ethyl adjacent to an activating group) is 1. The van der Waals surface area contributed by atoms with Gasteiger partial charge < -0.3 is 19.7 Å². The van der Waals surface area contributed by atoms with Crippen molar-refractivity contribution in [3.8, 4) is 5.75 Å². The Bertz CT molecular complexity index is 535. The standard InChI is InChI=1S/C16H21FN2O3/c1-19(2)15-14(12-7-8-21-16(12)15)18-13(20)9-22-11-5-3-10(17)4-6-11/h3-6,12,14-16H,7-9H2,1-2H3,(H,18,20)/t12-,14+,15-,16-/m1/s1. The first kappa shape index (κ1) is 15.2. The van der Waals surface area contributed by atoms with E-state index in [9.17, 15) is 9.18 Å². The van der Waals surface area contributed by atoms with Crippen molar-refractivity contribution in [1.82, 2.24) is 10.2 Å². The molecule has 0 aromatic heterocycles. The highest BCUT2D eigenvalue weighted by Crippen LogP contribution is 2.41. The van der Waals surface area contributed by atoms with E-state index in [1.165, 1.54) is 24.3 Å². The summed E-state index contributed by atoms with van der Waals surface area (Å²) in [6, 6.07) is 5.95. The van der Waals surface area contributed by atoms with Crippen LogP contribution in [-0.4, -0.2) is 56.3 Å². The fourth-order valence-corrected chi connectivity index (χ4v) is 3.39. The van der Waals surface area contributed by atoms with Crippen LogP contribution in [0.15, 0.2) is 24.3 Å². The van der Waals surface area contributed by atoms with Crippen LogP contribution >= 0.6 is 0 Å². The van der Waals surface area contributed by atoms with Crippen LogP contribution in [0.25, 0.3) is 0 Å². The molecule has 4 atom stereocenters. The van der Waals surface area contributed by atoms with Crippen molar-refractivity contribution < 1.29 is 18.7 Å². The summed E-state index contributed by atoms with van der Waals surface area (Å²) in [7, 11) is 3.99. The summed E-state index contributed by atoms with van der Waals surface area (Å²) in [4.78, 5) is 14.2. The van der Waals surface area contributed by atoms with Gasteiger partial charge in [0, 0.05) is 12.5 Å². The Labute approximate surface area is 129 Å². The minimum absolute atomic E-state index is 0.0689. The molecule has 0 spiro atoms. The quantitative estimate of drug-likeness (QED) is 0.883. The summed E-state index contributed by atoms with van der Waals surface area (Å²) in [5.74, 6) is 0.387. The van der Waals surface area contributed by atoms with E-state index < -0.39 is 0 Å². The molecule has 2 fully saturated rings. The van der Waals surface area contributed by atoms with E-state index in [-0.39, 0.29) is 36.5 Å². The number of hydrogen-bond acceptors (Lipinski definition) is 4.